The minimum absolute atomic E-state index is 0.110. The monoisotopic (exact) mass is 396 g/mol. The molecule has 2 heterocycles. The number of nitrogens with zero attached hydrogens (tertiary/aromatic N) is 4. The number of benzene rings is 1. The molecule has 1 aliphatic rings. The zero-order valence-electron chi connectivity index (χ0n) is 11.9. The number of likely N-dealkylation sites (tertiary alicyclic amines) is 1. The highest BCUT2D eigenvalue weighted by atomic mass is 127. The lowest BCUT2D eigenvalue weighted by Gasteiger charge is -2.32. The fourth-order valence-corrected chi connectivity index (χ4v) is 3.17. The summed E-state index contributed by atoms with van der Waals surface area (Å²) in [6.45, 7) is 1.54. The molecule has 0 aliphatic carbocycles. The van der Waals surface area contributed by atoms with Gasteiger partial charge in [-0.25, -0.2) is 0 Å². The Morgan fingerprint density at radius 2 is 2.10 bits per heavy atom. The van der Waals surface area contributed by atoms with Gasteiger partial charge < -0.3 is 9.47 Å². The quantitative estimate of drug-likeness (QED) is 0.733. The van der Waals surface area contributed by atoms with E-state index in [1.54, 1.807) is 6.33 Å². The van der Waals surface area contributed by atoms with Crippen molar-refractivity contribution < 1.29 is 4.79 Å². The van der Waals surface area contributed by atoms with E-state index in [4.69, 9.17) is 0 Å². The highest BCUT2D eigenvalue weighted by Gasteiger charge is 2.27. The van der Waals surface area contributed by atoms with Gasteiger partial charge in [0.05, 0.1) is 0 Å². The summed E-state index contributed by atoms with van der Waals surface area (Å²) in [5, 5.41) is 8.13. The maximum absolute atomic E-state index is 12.6. The Kier molecular flexibility index (Phi) is 4.23. The van der Waals surface area contributed by atoms with Crippen LogP contribution in [0.25, 0.3) is 0 Å². The SMILES string of the molecule is Cn1cnnc1C1CCCN(C(=O)c2ccc(I)cc2)C1. The van der Waals surface area contributed by atoms with Crippen molar-refractivity contribution in [2.45, 2.75) is 18.8 Å². The summed E-state index contributed by atoms with van der Waals surface area (Å²) in [4.78, 5) is 14.5. The molecule has 1 aromatic carbocycles. The molecule has 1 fully saturated rings. The maximum atomic E-state index is 12.6. The molecule has 21 heavy (non-hydrogen) atoms. The molecule has 2 aromatic rings. The third-order valence-corrected chi connectivity index (χ3v) is 4.63. The first kappa shape index (κ1) is 14.5. The average Bonchev–Trinajstić information content (AvgIpc) is 2.94. The zero-order valence-corrected chi connectivity index (χ0v) is 14.0. The topological polar surface area (TPSA) is 51.0 Å². The largest absolute Gasteiger partial charge is 0.338 e. The van der Waals surface area contributed by atoms with E-state index in [1.165, 1.54) is 0 Å². The first-order valence-electron chi connectivity index (χ1n) is 7.04. The normalized spacial score (nSPS) is 18.8. The number of aryl methyl sites for hydroxylation is 1. The van der Waals surface area contributed by atoms with Crippen LogP contribution in [0, 0.1) is 3.57 Å². The molecule has 1 aromatic heterocycles. The van der Waals surface area contributed by atoms with E-state index in [0.29, 0.717) is 0 Å². The molecule has 3 rings (SSSR count). The Morgan fingerprint density at radius 1 is 1.33 bits per heavy atom. The predicted molar refractivity (Wildman–Crippen MR) is 88.0 cm³/mol. The van der Waals surface area contributed by atoms with Gasteiger partial charge in [0.1, 0.15) is 12.2 Å². The van der Waals surface area contributed by atoms with Crippen molar-refractivity contribution in [2.75, 3.05) is 13.1 Å². The van der Waals surface area contributed by atoms with Gasteiger partial charge in [-0.05, 0) is 59.7 Å². The van der Waals surface area contributed by atoms with E-state index in [9.17, 15) is 4.79 Å². The zero-order chi connectivity index (χ0) is 14.8. The van der Waals surface area contributed by atoms with Crippen LogP contribution in [0.4, 0.5) is 0 Å². The van der Waals surface area contributed by atoms with Crippen LogP contribution < -0.4 is 0 Å². The van der Waals surface area contributed by atoms with Gasteiger partial charge >= 0.3 is 0 Å². The summed E-state index contributed by atoms with van der Waals surface area (Å²) in [6.07, 6.45) is 3.78. The molecule has 0 bridgehead atoms. The van der Waals surface area contributed by atoms with Crippen LogP contribution >= 0.6 is 22.6 Å². The second-order valence-electron chi connectivity index (χ2n) is 5.40. The molecular formula is C15H17IN4O. The van der Waals surface area contributed by atoms with E-state index in [0.717, 1.165) is 40.9 Å². The molecule has 1 amide bonds. The number of piperidine rings is 1. The molecule has 0 spiro atoms. The molecule has 1 aliphatic heterocycles. The van der Waals surface area contributed by atoms with Gasteiger partial charge in [-0.1, -0.05) is 0 Å². The minimum atomic E-state index is 0.110. The summed E-state index contributed by atoms with van der Waals surface area (Å²) in [5.74, 6) is 1.35. The number of amides is 1. The van der Waals surface area contributed by atoms with Crippen molar-refractivity contribution >= 4 is 28.5 Å². The van der Waals surface area contributed by atoms with Crippen LogP contribution in [0.5, 0.6) is 0 Å². The van der Waals surface area contributed by atoms with Crippen molar-refractivity contribution in [3.63, 3.8) is 0 Å². The van der Waals surface area contributed by atoms with Crippen LogP contribution in [-0.4, -0.2) is 38.7 Å². The van der Waals surface area contributed by atoms with Gasteiger partial charge in [0, 0.05) is 35.2 Å². The molecule has 1 unspecified atom stereocenters. The van der Waals surface area contributed by atoms with Crippen LogP contribution in [0.1, 0.15) is 34.9 Å². The maximum Gasteiger partial charge on any atom is 0.253 e. The van der Waals surface area contributed by atoms with Crippen molar-refractivity contribution in [3.8, 4) is 0 Å². The second kappa shape index (κ2) is 6.13. The summed E-state index contributed by atoms with van der Waals surface area (Å²) < 4.78 is 3.09. The fourth-order valence-electron chi connectivity index (χ4n) is 2.81. The molecule has 0 radical (unpaired) electrons. The van der Waals surface area contributed by atoms with Gasteiger partial charge in [0.2, 0.25) is 0 Å². The van der Waals surface area contributed by atoms with E-state index in [2.05, 4.69) is 32.8 Å². The molecule has 0 saturated carbocycles. The number of aromatic nitrogens is 3. The fraction of sp³-hybridized carbons (Fsp3) is 0.400. The van der Waals surface area contributed by atoms with Crippen molar-refractivity contribution in [1.82, 2.24) is 19.7 Å². The van der Waals surface area contributed by atoms with Crippen molar-refractivity contribution in [3.05, 3.63) is 45.6 Å². The number of hydrogen-bond donors (Lipinski definition) is 0. The molecule has 1 atom stereocenters. The van der Waals surface area contributed by atoms with Crippen molar-refractivity contribution in [1.29, 1.82) is 0 Å². The Labute approximate surface area is 137 Å². The highest BCUT2D eigenvalue weighted by Crippen LogP contribution is 2.26. The summed E-state index contributed by atoms with van der Waals surface area (Å²) in [7, 11) is 1.95. The molecule has 6 heteroatoms. The van der Waals surface area contributed by atoms with E-state index in [1.807, 2.05) is 40.8 Å². The van der Waals surface area contributed by atoms with Crippen LogP contribution in [0.3, 0.4) is 0 Å². The number of rotatable bonds is 2. The third kappa shape index (κ3) is 3.09. The van der Waals surface area contributed by atoms with Gasteiger partial charge in [-0.2, -0.15) is 0 Å². The molecule has 0 N–H and O–H groups in total. The standard InChI is InChI=1S/C15H17IN4O/c1-19-10-17-18-14(19)12-3-2-8-20(9-12)15(21)11-4-6-13(16)7-5-11/h4-7,10,12H,2-3,8-9H2,1H3. The molecule has 110 valence electrons. The van der Waals surface area contributed by atoms with Gasteiger partial charge in [-0.15, -0.1) is 10.2 Å². The minimum Gasteiger partial charge on any atom is -0.338 e. The number of carbonyl (C=O) groups is 1. The number of hydrogen-bond acceptors (Lipinski definition) is 3. The molecule has 5 nitrogen and oxygen atoms in total. The summed E-state index contributed by atoms with van der Waals surface area (Å²) in [5.41, 5.74) is 0.758. The van der Waals surface area contributed by atoms with Gasteiger partial charge in [-0.3, -0.25) is 4.79 Å². The van der Waals surface area contributed by atoms with Crippen LogP contribution in [-0.2, 0) is 7.05 Å². The predicted octanol–water partition coefficient (Wildman–Crippen LogP) is 2.44. The lowest BCUT2D eigenvalue weighted by Crippen LogP contribution is -2.39. The second-order valence-corrected chi connectivity index (χ2v) is 6.64. The Morgan fingerprint density at radius 3 is 2.76 bits per heavy atom. The number of carbonyl (C=O) groups excluding carboxylic acids is 1. The number of halogens is 1. The average molecular weight is 396 g/mol. The molecular weight excluding hydrogens is 379 g/mol. The van der Waals surface area contributed by atoms with Gasteiger partial charge in [0.15, 0.2) is 0 Å². The Hall–Kier alpha value is -1.44. The summed E-state index contributed by atoms with van der Waals surface area (Å²) in [6, 6.07) is 7.74. The van der Waals surface area contributed by atoms with E-state index in [-0.39, 0.29) is 11.8 Å². The Balaban J connectivity index is 1.75. The first-order valence-corrected chi connectivity index (χ1v) is 8.12. The van der Waals surface area contributed by atoms with E-state index < -0.39 is 0 Å². The molecule has 1 saturated heterocycles. The summed E-state index contributed by atoms with van der Waals surface area (Å²) >= 11 is 2.25. The van der Waals surface area contributed by atoms with Gasteiger partial charge in [0.25, 0.3) is 5.91 Å². The van der Waals surface area contributed by atoms with E-state index >= 15 is 0 Å². The Bertz CT molecular complexity index is 637. The highest BCUT2D eigenvalue weighted by molar-refractivity contribution is 14.1. The third-order valence-electron chi connectivity index (χ3n) is 3.91. The smallest absolute Gasteiger partial charge is 0.253 e. The van der Waals surface area contributed by atoms with Crippen molar-refractivity contribution in [2.24, 2.45) is 7.05 Å². The van der Waals surface area contributed by atoms with Crippen LogP contribution in [0.2, 0.25) is 0 Å². The lowest BCUT2D eigenvalue weighted by molar-refractivity contribution is 0.0703. The lowest BCUT2D eigenvalue weighted by atomic mass is 9.96. The first-order chi connectivity index (χ1) is 10.1. The van der Waals surface area contributed by atoms with Crippen LogP contribution in [0.15, 0.2) is 30.6 Å².